The lowest BCUT2D eigenvalue weighted by Gasteiger charge is -2.41. The molecule has 7 aromatic rings. The van der Waals surface area contributed by atoms with Crippen molar-refractivity contribution in [2.75, 3.05) is 139 Å². The number of nitrogens with one attached hydrogen (secondary N) is 9. The van der Waals surface area contributed by atoms with Crippen molar-refractivity contribution in [2.45, 2.75) is 260 Å². The van der Waals surface area contributed by atoms with Crippen molar-refractivity contribution in [3.05, 3.63) is 198 Å². The smallest absolute Gasteiger partial charge is 0.404 e. The predicted molar refractivity (Wildman–Crippen MR) is 558 cm³/mol. The number of hydrogen-bond acceptors (Lipinski definition) is 16. The van der Waals surface area contributed by atoms with Gasteiger partial charge in [0.15, 0.2) is 5.75 Å². The van der Waals surface area contributed by atoms with Crippen LogP contribution < -0.4 is 52.6 Å². The number of likely N-dealkylation sites (tertiary alicyclic amines) is 9. The number of alkyl halides is 3. The number of anilines is 4. The second-order valence-electron chi connectivity index (χ2n) is 41.5. The van der Waals surface area contributed by atoms with Crippen molar-refractivity contribution in [1.29, 1.82) is 0 Å². The summed E-state index contributed by atoms with van der Waals surface area (Å²) in [6.07, 6.45) is 14.5. The molecule has 9 N–H and O–H groups in total. The Labute approximate surface area is 864 Å². The molecule has 0 saturated carbocycles. The molecule has 0 spiro atoms. The minimum Gasteiger partial charge on any atom is -0.404 e. The van der Waals surface area contributed by atoms with E-state index in [0.717, 1.165) is 152 Å². The molecule has 9 fully saturated rings. The fraction of sp³-hybridized carbons (Fsp3) is 0.532. The minimum atomic E-state index is -4.98. The van der Waals surface area contributed by atoms with Crippen molar-refractivity contribution in [1.82, 2.24) is 85.4 Å². The van der Waals surface area contributed by atoms with Crippen LogP contribution >= 0.6 is 0 Å². The SMILES string of the molecule is CC(NC(=O)N[C@@H](CC(=O)N1CCC(N2Cc3ccccc3NC2=O)CC1)C(=O)N1CCC(N2CCCCC2)CC1)c1cccc2ccccc12.C[C@@H](NC(=O)N[C@@H](CC(=O)N1CCC(N2Cc3ccccc3NC2=O)CC1)C(=O)N1CCC(N2CCCCC2)CC1)c1ccccc1.O=C(Nc1ccccc1OC(F)(F)F)N[C@@H](CC(=O)N1CCC(N2Cc3ccccc3NC2=O)CC1)C(=O)N1CCC(N2CCCCC2)CC1. The highest BCUT2D eigenvalue weighted by molar-refractivity contribution is 5.99. The Kier molecular flexibility index (Phi) is 35.9. The van der Waals surface area contributed by atoms with Gasteiger partial charge in [0.2, 0.25) is 35.4 Å². The Morgan fingerprint density at radius 2 is 0.642 bits per heavy atom. The lowest BCUT2D eigenvalue weighted by molar-refractivity contribution is -0.274. The van der Waals surface area contributed by atoms with E-state index in [0.29, 0.717) is 155 Å². The molecule has 37 heteroatoms. The molecular weight excluding hydrogens is 1890 g/mol. The van der Waals surface area contributed by atoms with Crippen molar-refractivity contribution in [2.24, 2.45) is 0 Å². The maximum absolute atomic E-state index is 14.1. The Hall–Kier alpha value is -13.3. The molecule has 0 aliphatic carbocycles. The monoisotopic (exact) mass is 2040 g/mol. The van der Waals surface area contributed by atoms with Gasteiger partial charge in [0.05, 0.1) is 37.0 Å². The number of para-hydroxylation sites is 5. The van der Waals surface area contributed by atoms with Crippen LogP contribution in [0, 0.1) is 0 Å². The van der Waals surface area contributed by atoms with Gasteiger partial charge in [-0.05, 0) is 238 Å². The van der Waals surface area contributed by atoms with Crippen LogP contribution in [0.5, 0.6) is 5.75 Å². The molecule has 12 aliphatic rings. The number of fused-ring (bicyclic) bond motifs is 4. The highest BCUT2D eigenvalue weighted by atomic mass is 19.4. The topological polar surface area (TPSA) is 361 Å². The van der Waals surface area contributed by atoms with Crippen LogP contribution in [0.3, 0.4) is 0 Å². The summed E-state index contributed by atoms with van der Waals surface area (Å²) >= 11 is 0. The summed E-state index contributed by atoms with van der Waals surface area (Å²) in [6.45, 7) is 18.1. The van der Waals surface area contributed by atoms with Crippen LogP contribution in [0.25, 0.3) is 10.8 Å². The molecule has 792 valence electrons. The number of piperidine rings is 9. The van der Waals surface area contributed by atoms with E-state index in [1.54, 1.807) is 24.5 Å². The standard InChI is InChI=1S/C40H51N7O4.C36H49N7O4.C35H44F3N7O5/c1-28(33-14-9-12-29-10-3-5-13-34(29)33)41-39(50)42-36(38(49)46-24-16-31(17-25-46)44-20-7-2-8-21-44)26-37(48)45-22-18-32(19-23-45)47-27-30-11-4-6-15-35(30)43-40(47)51;1-26(27-10-4-2-5-11-27)37-35(46)38-32(34(45)42-22-14-29(15-23-42)40-18-8-3-9-19-40)24-33(44)41-20-16-30(17-21-41)43-25-28-12-6-7-13-31(28)39-36(43)47;36-35(37,38)50-30-11-5-4-10-28(30)39-33(48)40-29(32(47)44-20-12-25(13-21-44)42-16-6-1-7-17-42)22-31(46)43-18-14-26(15-19-43)45-23-24-8-2-3-9-27(24)41-34(45)49/h3-6,9-15,28,31-32,36H,2,7-8,16-27H2,1H3,(H,43,51)(H2,41,42,50);2,4-7,10-13,26,29-30,32H,3,8-9,14-25H2,1H3,(H,39,47)(H2,37,38,46);2-5,8-11,25-26,29H,1,6-7,12-23H2,(H,41,49)(H2,39,40,48)/t28?,36-;26-,32+;29-/m010/s1. The van der Waals surface area contributed by atoms with Gasteiger partial charge in [-0.15, -0.1) is 13.2 Å². The van der Waals surface area contributed by atoms with E-state index in [-0.39, 0.29) is 103 Å². The summed E-state index contributed by atoms with van der Waals surface area (Å²) in [5.74, 6) is -2.07. The summed E-state index contributed by atoms with van der Waals surface area (Å²) < 4.78 is 43.0. The largest absolute Gasteiger partial charge is 0.573 e. The number of nitrogens with zero attached hydrogens (tertiary/aromatic N) is 12. The van der Waals surface area contributed by atoms with Crippen molar-refractivity contribution < 1.29 is 75.4 Å². The van der Waals surface area contributed by atoms with Crippen LogP contribution in [0.1, 0.15) is 208 Å². The molecule has 9 saturated heterocycles. The van der Waals surface area contributed by atoms with Gasteiger partial charge in [0.25, 0.3) is 0 Å². The van der Waals surface area contributed by atoms with Crippen molar-refractivity contribution in [3.63, 3.8) is 0 Å². The van der Waals surface area contributed by atoms with Gasteiger partial charge in [0.1, 0.15) is 18.1 Å². The normalized spacial score (nSPS) is 20.4. The number of ether oxygens (including phenoxy) is 1. The fourth-order valence-corrected chi connectivity index (χ4v) is 23.6. The summed E-state index contributed by atoms with van der Waals surface area (Å²) in [7, 11) is 0. The summed E-state index contributed by atoms with van der Waals surface area (Å²) in [5, 5.41) is 27.8. The molecule has 0 radical (unpaired) electrons. The molecule has 12 heterocycles. The van der Waals surface area contributed by atoms with E-state index in [9.17, 15) is 70.7 Å². The second-order valence-corrected chi connectivity index (χ2v) is 41.5. The van der Waals surface area contributed by atoms with Crippen LogP contribution in [0.4, 0.5) is 64.7 Å². The molecule has 12 aliphatic heterocycles. The molecule has 18 amide bonds. The lowest BCUT2D eigenvalue weighted by atomic mass is 9.98. The zero-order chi connectivity index (χ0) is 103. The Bertz CT molecular complexity index is 5760. The third kappa shape index (κ3) is 27.6. The number of urea groups is 6. The van der Waals surface area contributed by atoms with Crippen LogP contribution in [-0.4, -0.2) is 309 Å². The average molecular weight is 2040 g/mol. The van der Waals surface area contributed by atoms with Gasteiger partial charge in [-0.2, -0.15) is 0 Å². The van der Waals surface area contributed by atoms with Crippen LogP contribution in [0.2, 0.25) is 0 Å². The van der Waals surface area contributed by atoms with E-state index < -0.39 is 54.2 Å². The zero-order valence-electron chi connectivity index (χ0n) is 85.1. The number of halogens is 3. The maximum Gasteiger partial charge on any atom is 0.573 e. The summed E-state index contributed by atoms with van der Waals surface area (Å²) in [6, 6.07) is 47.4. The van der Waals surface area contributed by atoms with E-state index >= 15 is 0 Å². The number of benzene rings is 7. The third-order valence-electron chi connectivity index (χ3n) is 32.0. The lowest BCUT2D eigenvalue weighted by Crippen LogP contribution is -2.56. The van der Waals surface area contributed by atoms with E-state index in [1.165, 1.54) is 63.1 Å². The molecule has 7 aromatic carbocycles. The van der Waals surface area contributed by atoms with Crippen LogP contribution in [-0.2, 0) is 48.4 Å². The molecule has 19 rings (SSSR count). The Balaban J connectivity index is 0.000000152. The first-order chi connectivity index (χ1) is 71.7. The molecule has 0 bridgehead atoms. The summed E-state index contributed by atoms with van der Waals surface area (Å²) in [5.41, 5.74) is 7.36. The number of rotatable bonds is 24. The van der Waals surface area contributed by atoms with Crippen molar-refractivity contribution >= 4 is 105 Å². The molecular formula is C111H144F3N21O13. The van der Waals surface area contributed by atoms with Gasteiger partial charge in [-0.1, -0.05) is 159 Å². The zero-order valence-corrected chi connectivity index (χ0v) is 85.1. The highest BCUT2D eigenvalue weighted by Gasteiger charge is 2.44. The van der Waals surface area contributed by atoms with Crippen LogP contribution in [0.15, 0.2) is 170 Å². The molecule has 34 nitrogen and oxygen atoms in total. The first kappa shape index (κ1) is 106. The molecule has 1 unspecified atom stereocenters. The highest BCUT2D eigenvalue weighted by Crippen LogP contribution is 2.37. The van der Waals surface area contributed by atoms with Crippen molar-refractivity contribution in [3.8, 4) is 5.75 Å². The number of amides is 18. The Morgan fingerprint density at radius 1 is 0.331 bits per heavy atom. The van der Waals surface area contributed by atoms with E-state index in [4.69, 9.17) is 0 Å². The van der Waals surface area contributed by atoms with Gasteiger partial charge < -0.3 is 111 Å². The number of carbonyl (C=O) groups is 12. The maximum atomic E-state index is 14.1. The minimum absolute atomic E-state index is 0.0143. The fourth-order valence-electron chi connectivity index (χ4n) is 23.6. The molecule has 5 atom stereocenters. The third-order valence-corrected chi connectivity index (χ3v) is 32.0. The van der Waals surface area contributed by atoms with Gasteiger partial charge >= 0.3 is 42.5 Å². The van der Waals surface area contributed by atoms with Gasteiger partial charge in [-0.3, -0.25) is 28.8 Å². The van der Waals surface area contributed by atoms with Gasteiger partial charge in [-0.25, -0.2) is 28.8 Å². The number of hydrogen-bond donors (Lipinski definition) is 9. The van der Waals surface area contributed by atoms with E-state index in [2.05, 4.69) is 67.3 Å². The number of carbonyl (C=O) groups excluding carboxylic acids is 12. The van der Waals surface area contributed by atoms with E-state index in [1.807, 2.05) is 179 Å². The Morgan fingerprint density at radius 3 is 1.02 bits per heavy atom. The van der Waals surface area contributed by atoms with Gasteiger partial charge in [0, 0.05) is 151 Å². The molecule has 148 heavy (non-hydrogen) atoms. The summed E-state index contributed by atoms with van der Waals surface area (Å²) in [4.78, 5) is 185. The average Bonchev–Trinajstić information content (AvgIpc) is 0.806. The quantitative estimate of drug-likeness (QED) is 0.0271. The predicted octanol–water partition coefficient (Wildman–Crippen LogP) is 14.8. The second kappa shape index (κ2) is 50.1. The molecule has 0 aromatic heterocycles. The first-order valence-corrected chi connectivity index (χ1v) is 53.7. The first-order valence-electron chi connectivity index (χ1n) is 53.7.